The van der Waals surface area contributed by atoms with Crippen LogP contribution in [0.5, 0.6) is 0 Å². The summed E-state index contributed by atoms with van der Waals surface area (Å²) in [5, 5.41) is 3.53. The van der Waals surface area contributed by atoms with E-state index in [4.69, 9.17) is 4.74 Å². The number of nitrogens with zero attached hydrogens (tertiary/aromatic N) is 3. The van der Waals surface area contributed by atoms with Gasteiger partial charge in [0.25, 0.3) is 0 Å². The highest BCUT2D eigenvalue weighted by molar-refractivity contribution is 5.67. The topological polar surface area (TPSA) is 50.3 Å². The van der Waals surface area contributed by atoms with E-state index in [2.05, 4.69) is 59.2 Å². The summed E-state index contributed by atoms with van der Waals surface area (Å²) in [4.78, 5) is 11.4. The van der Waals surface area contributed by atoms with Crippen molar-refractivity contribution in [3.63, 3.8) is 0 Å². The van der Waals surface area contributed by atoms with E-state index in [0.717, 1.165) is 49.5 Å². The molecule has 1 saturated heterocycles. The number of morpholine rings is 1. The highest BCUT2D eigenvalue weighted by Gasteiger charge is 2.15. The Hall–Kier alpha value is -2.14. The van der Waals surface area contributed by atoms with Gasteiger partial charge in [-0.1, -0.05) is 32.0 Å². The predicted molar refractivity (Wildman–Crippen MR) is 98.4 cm³/mol. The molecule has 0 saturated carbocycles. The van der Waals surface area contributed by atoms with Gasteiger partial charge < -0.3 is 15.0 Å². The molecule has 1 aliphatic rings. The normalized spacial score (nSPS) is 15.0. The van der Waals surface area contributed by atoms with Gasteiger partial charge in [0, 0.05) is 24.8 Å². The summed E-state index contributed by atoms with van der Waals surface area (Å²) in [6.07, 6.45) is 0. The molecule has 0 amide bonds. The van der Waals surface area contributed by atoms with Crippen LogP contribution in [0.25, 0.3) is 0 Å². The molecule has 1 aliphatic heterocycles. The van der Waals surface area contributed by atoms with Crippen molar-refractivity contribution in [3.8, 4) is 0 Å². The van der Waals surface area contributed by atoms with E-state index in [-0.39, 0.29) is 0 Å². The van der Waals surface area contributed by atoms with Crippen molar-refractivity contribution in [3.05, 3.63) is 41.2 Å². The van der Waals surface area contributed by atoms with E-state index >= 15 is 0 Å². The fraction of sp³-hybridized carbons (Fsp3) is 0.474. The molecular formula is C19H26N4O. The van der Waals surface area contributed by atoms with Gasteiger partial charge in [-0.25, -0.2) is 9.97 Å². The first-order valence-corrected chi connectivity index (χ1v) is 8.59. The number of hydrogen-bond acceptors (Lipinski definition) is 5. The summed E-state index contributed by atoms with van der Waals surface area (Å²) in [5.74, 6) is 3.04. The lowest BCUT2D eigenvalue weighted by molar-refractivity contribution is 0.122. The van der Waals surface area contributed by atoms with Crippen LogP contribution >= 0.6 is 0 Å². The summed E-state index contributed by atoms with van der Waals surface area (Å²) < 4.78 is 5.43. The second kappa shape index (κ2) is 7.18. The average molecular weight is 326 g/mol. The predicted octanol–water partition coefficient (Wildman–Crippen LogP) is 3.80. The molecule has 1 fully saturated rings. The lowest BCUT2D eigenvalue weighted by Crippen LogP contribution is -2.36. The fourth-order valence-corrected chi connectivity index (χ4v) is 3.04. The highest BCUT2D eigenvalue weighted by atomic mass is 16.5. The minimum absolute atomic E-state index is 0.453. The van der Waals surface area contributed by atoms with Crippen molar-refractivity contribution in [2.24, 2.45) is 0 Å². The maximum Gasteiger partial charge on any atom is 0.136 e. The van der Waals surface area contributed by atoms with Gasteiger partial charge in [-0.2, -0.15) is 0 Å². The molecule has 1 aromatic carbocycles. The molecule has 0 unspecified atom stereocenters. The van der Waals surface area contributed by atoms with Crippen LogP contribution in [0, 0.1) is 13.8 Å². The van der Waals surface area contributed by atoms with Gasteiger partial charge in [0.15, 0.2) is 0 Å². The van der Waals surface area contributed by atoms with Crippen molar-refractivity contribution in [2.75, 3.05) is 36.5 Å². The van der Waals surface area contributed by atoms with E-state index < -0.39 is 0 Å². The maximum atomic E-state index is 5.43. The quantitative estimate of drug-likeness (QED) is 0.926. The molecule has 128 valence electrons. The largest absolute Gasteiger partial charge is 0.378 e. The summed E-state index contributed by atoms with van der Waals surface area (Å²) in [5.41, 5.74) is 3.68. The number of ether oxygens (including phenoxy) is 1. The van der Waals surface area contributed by atoms with Gasteiger partial charge in [-0.15, -0.1) is 0 Å². The van der Waals surface area contributed by atoms with E-state index in [9.17, 15) is 0 Å². The Balaban J connectivity index is 1.92. The molecule has 1 aromatic heterocycles. The van der Waals surface area contributed by atoms with Gasteiger partial charge >= 0.3 is 0 Å². The smallest absolute Gasteiger partial charge is 0.136 e. The first kappa shape index (κ1) is 16.7. The van der Waals surface area contributed by atoms with Crippen LogP contribution in [0.1, 0.15) is 36.7 Å². The van der Waals surface area contributed by atoms with Crippen LogP contribution < -0.4 is 10.2 Å². The fourth-order valence-electron chi connectivity index (χ4n) is 3.04. The molecular weight excluding hydrogens is 300 g/mol. The zero-order chi connectivity index (χ0) is 17.1. The Morgan fingerprint density at radius 3 is 2.58 bits per heavy atom. The molecule has 0 radical (unpaired) electrons. The van der Waals surface area contributed by atoms with Crippen LogP contribution in [0.4, 0.5) is 17.3 Å². The van der Waals surface area contributed by atoms with Crippen molar-refractivity contribution in [2.45, 2.75) is 33.6 Å². The molecule has 3 rings (SSSR count). The number of aryl methyl sites for hydroxylation is 2. The van der Waals surface area contributed by atoms with Crippen molar-refractivity contribution in [1.29, 1.82) is 0 Å². The van der Waals surface area contributed by atoms with E-state index in [1.165, 1.54) is 11.1 Å². The summed E-state index contributed by atoms with van der Waals surface area (Å²) in [6, 6.07) is 8.46. The number of benzene rings is 1. The Bertz CT molecular complexity index is 709. The monoisotopic (exact) mass is 326 g/mol. The molecule has 0 bridgehead atoms. The zero-order valence-electron chi connectivity index (χ0n) is 15.0. The number of para-hydroxylation sites is 1. The molecule has 24 heavy (non-hydrogen) atoms. The molecule has 1 N–H and O–H groups in total. The SMILES string of the molecule is Cc1nc(Nc2c(C)cccc2C(C)C)cc(N2CCOCC2)n1. The molecule has 2 heterocycles. The number of aromatic nitrogens is 2. The number of rotatable bonds is 4. The van der Waals surface area contributed by atoms with E-state index in [1.807, 2.05) is 13.0 Å². The summed E-state index contributed by atoms with van der Waals surface area (Å²) in [6.45, 7) is 11.7. The molecule has 0 aliphatic carbocycles. The van der Waals surface area contributed by atoms with Crippen LogP contribution in [0.2, 0.25) is 0 Å². The maximum absolute atomic E-state index is 5.43. The average Bonchev–Trinajstić information content (AvgIpc) is 2.57. The van der Waals surface area contributed by atoms with Gasteiger partial charge in [-0.3, -0.25) is 0 Å². The molecule has 2 aromatic rings. The Labute approximate surface area is 144 Å². The van der Waals surface area contributed by atoms with Crippen molar-refractivity contribution >= 4 is 17.3 Å². The number of nitrogens with one attached hydrogen (secondary N) is 1. The minimum atomic E-state index is 0.453. The van der Waals surface area contributed by atoms with Gasteiger partial charge in [0.05, 0.1) is 13.2 Å². The van der Waals surface area contributed by atoms with E-state index in [1.54, 1.807) is 0 Å². The molecule has 0 spiro atoms. The highest BCUT2D eigenvalue weighted by Crippen LogP contribution is 2.30. The Morgan fingerprint density at radius 2 is 1.88 bits per heavy atom. The van der Waals surface area contributed by atoms with E-state index in [0.29, 0.717) is 5.92 Å². The third-order valence-corrected chi connectivity index (χ3v) is 4.34. The molecule has 0 atom stereocenters. The summed E-state index contributed by atoms with van der Waals surface area (Å²) >= 11 is 0. The third kappa shape index (κ3) is 3.67. The number of anilines is 3. The van der Waals surface area contributed by atoms with Crippen molar-refractivity contribution < 1.29 is 4.74 Å². The number of hydrogen-bond donors (Lipinski definition) is 1. The van der Waals surface area contributed by atoms with Crippen LogP contribution in [0.15, 0.2) is 24.3 Å². The Kier molecular flexibility index (Phi) is 5.00. The van der Waals surface area contributed by atoms with Crippen LogP contribution in [0.3, 0.4) is 0 Å². The third-order valence-electron chi connectivity index (χ3n) is 4.34. The first-order chi connectivity index (χ1) is 11.5. The lowest BCUT2D eigenvalue weighted by Gasteiger charge is -2.28. The zero-order valence-corrected chi connectivity index (χ0v) is 15.0. The van der Waals surface area contributed by atoms with Gasteiger partial charge in [-0.05, 0) is 30.9 Å². The Morgan fingerprint density at radius 1 is 1.12 bits per heavy atom. The molecule has 5 nitrogen and oxygen atoms in total. The van der Waals surface area contributed by atoms with Gasteiger partial charge in [0.2, 0.25) is 0 Å². The van der Waals surface area contributed by atoms with Crippen LogP contribution in [-0.4, -0.2) is 36.3 Å². The summed E-state index contributed by atoms with van der Waals surface area (Å²) in [7, 11) is 0. The second-order valence-corrected chi connectivity index (χ2v) is 6.58. The first-order valence-electron chi connectivity index (χ1n) is 8.59. The van der Waals surface area contributed by atoms with Crippen LogP contribution in [-0.2, 0) is 4.74 Å². The lowest BCUT2D eigenvalue weighted by atomic mass is 9.98. The minimum Gasteiger partial charge on any atom is -0.378 e. The van der Waals surface area contributed by atoms with Crippen molar-refractivity contribution in [1.82, 2.24) is 9.97 Å². The van der Waals surface area contributed by atoms with Gasteiger partial charge in [0.1, 0.15) is 17.5 Å². The second-order valence-electron chi connectivity index (χ2n) is 6.58. The standard InChI is InChI=1S/C19H26N4O/c1-13(2)16-7-5-6-14(3)19(16)22-17-12-18(21-15(4)20-17)23-8-10-24-11-9-23/h5-7,12-13H,8-11H2,1-4H3,(H,20,21,22). The molecule has 5 heteroatoms.